The second-order valence-electron chi connectivity index (χ2n) is 8.86. The number of pyridine rings is 1. The molecule has 0 unspecified atom stereocenters. The number of aliphatic hydroxyl groups is 1. The van der Waals surface area contributed by atoms with Crippen LogP contribution in [-0.2, 0) is 11.8 Å². The van der Waals surface area contributed by atoms with Gasteiger partial charge in [-0.15, -0.1) is 0 Å². The molecule has 0 bridgehead atoms. The van der Waals surface area contributed by atoms with E-state index < -0.39 is 36.0 Å². The topological polar surface area (TPSA) is 54.4 Å². The predicted octanol–water partition coefficient (Wildman–Crippen LogP) is 5.38. The maximum Gasteiger partial charge on any atom is 0.418 e. The van der Waals surface area contributed by atoms with E-state index in [2.05, 4.69) is 10.3 Å². The average Bonchev–Trinajstić information content (AvgIpc) is 3.18. The molecule has 0 amide bonds. The van der Waals surface area contributed by atoms with Crippen molar-refractivity contribution in [2.45, 2.75) is 43.9 Å². The number of nitrogens with one attached hydrogen (secondary N) is 1. The Labute approximate surface area is 183 Å². The molecule has 0 aliphatic carbocycles. The number of aromatic nitrogens is 1. The van der Waals surface area contributed by atoms with Crippen molar-refractivity contribution in [2.75, 3.05) is 18.5 Å². The number of rotatable bonds is 6. The molecule has 0 saturated heterocycles. The summed E-state index contributed by atoms with van der Waals surface area (Å²) in [5.41, 5.74) is -2.28. The highest BCUT2D eigenvalue weighted by Gasteiger charge is 2.56. The fourth-order valence-electron chi connectivity index (χ4n) is 4.36. The van der Waals surface area contributed by atoms with Crippen LogP contribution >= 0.6 is 0 Å². The van der Waals surface area contributed by atoms with Crippen molar-refractivity contribution in [3.8, 4) is 5.75 Å². The van der Waals surface area contributed by atoms with Crippen molar-refractivity contribution in [3.63, 3.8) is 0 Å². The van der Waals surface area contributed by atoms with Gasteiger partial charge in [0.2, 0.25) is 0 Å². The molecule has 2 heterocycles. The van der Waals surface area contributed by atoms with Gasteiger partial charge < -0.3 is 15.2 Å². The fraction of sp³-hybridized carbons (Fsp3) is 0.375. The molecule has 8 heteroatoms. The first-order valence-corrected chi connectivity index (χ1v) is 10.3. The molecule has 3 aromatic rings. The monoisotopic (exact) mass is 448 g/mol. The largest absolute Gasteiger partial charge is 0.493 e. The van der Waals surface area contributed by atoms with Gasteiger partial charge in [-0.05, 0) is 48.2 Å². The molecule has 0 fully saturated rings. The molecule has 170 valence electrons. The van der Waals surface area contributed by atoms with Crippen molar-refractivity contribution in [2.24, 2.45) is 0 Å². The second kappa shape index (κ2) is 7.92. The Hall–Kier alpha value is -2.87. The molecule has 32 heavy (non-hydrogen) atoms. The first-order valence-electron chi connectivity index (χ1n) is 10.3. The average molecular weight is 448 g/mol. The number of ether oxygens (including phenoxy) is 1. The molecule has 2 aromatic carbocycles. The van der Waals surface area contributed by atoms with Crippen molar-refractivity contribution in [3.05, 3.63) is 65.6 Å². The van der Waals surface area contributed by atoms with E-state index in [0.29, 0.717) is 46.5 Å². The quantitative estimate of drug-likeness (QED) is 0.497. The summed E-state index contributed by atoms with van der Waals surface area (Å²) < 4.78 is 62.1. The minimum absolute atomic E-state index is 0.321. The molecule has 1 aromatic heterocycles. The van der Waals surface area contributed by atoms with Gasteiger partial charge in [-0.2, -0.15) is 13.2 Å². The minimum atomic E-state index is -4.92. The number of anilines is 1. The highest BCUT2D eigenvalue weighted by atomic mass is 19.4. The smallest absolute Gasteiger partial charge is 0.418 e. The van der Waals surface area contributed by atoms with Crippen LogP contribution in [0, 0.1) is 5.82 Å². The van der Waals surface area contributed by atoms with Crippen LogP contribution in [0.5, 0.6) is 5.75 Å². The first-order chi connectivity index (χ1) is 15.0. The van der Waals surface area contributed by atoms with Gasteiger partial charge in [0.25, 0.3) is 0 Å². The van der Waals surface area contributed by atoms with Crippen LogP contribution in [0.25, 0.3) is 10.9 Å². The van der Waals surface area contributed by atoms with Gasteiger partial charge in [0.15, 0.2) is 5.60 Å². The van der Waals surface area contributed by atoms with Gasteiger partial charge in [-0.1, -0.05) is 19.9 Å². The molecule has 4 nitrogen and oxygen atoms in total. The minimum Gasteiger partial charge on any atom is -0.493 e. The maximum absolute atomic E-state index is 14.2. The van der Waals surface area contributed by atoms with E-state index >= 15 is 0 Å². The van der Waals surface area contributed by atoms with Crippen LogP contribution in [0.4, 0.5) is 23.2 Å². The summed E-state index contributed by atoms with van der Waals surface area (Å²) >= 11 is 0. The zero-order chi connectivity index (χ0) is 23.1. The summed E-state index contributed by atoms with van der Waals surface area (Å²) in [6.07, 6.45) is -3.51. The van der Waals surface area contributed by atoms with Crippen LogP contribution in [0.15, 0.2) is 48.7 Å². The Bertz CT molecular complexity index is 1140. The van der Waals surface area contributed by atoms with Crippen molar-refractivity contribution < 1.29 is 27.4 Å². The number of hydrogen-bond acceptors (Lipinski definition) is 4. The van der Waals surface area contributed by atoms with Gasteiger partial charge in [0, 0.05) is 34.8 Å². The SMILES string of the molecule is CC(C)(C[C@](O)(CNc1cccc2ncccc12)C(F)(F)F)c1cc(F)cc2c1OCC2. The van der Waals surface area contributed by atoms with Crippen LogP contribution in [0.3, 0.4) is 0 Å². The Morgan fingerprint density at radius 3 is 2.66 bits per heavy atom. The van der Waals surface area contributed by atoms with E-state index in [-0.39, 0.29) is 0 Å². The van der Waals surface area contributed by atoms with Gasteiger partial charge in [-0.3, -0.25) is 4.98 Å². The van der Waals surface area contributed by atoms with Crippen LogP contribution in [0.1, 0.15) is 31.4 Å². The standard InChI is InChI=1S/C24H24F4N2O2/c1-22(2,18-12-16(25)11-15-8-10-32-21(15)18)13-23(31,24(26,27)28)14-30-20-7-3-6-19-17(20)5-4-9-29-19/h3-7,9,11-12,30-31H,8,10,13-14H2,1-2H3/t23-/m0/s1. The highest BCUT2D eigenvalue weighted by Crippen LogP contribution is 2.46. The summed E-state index contributed by atoms with van der Waals surface area (Å²) in [5, 5.41) is 14.3. The van der Waals surface area contributed by atoms with Crippen molar-refractivity contribution in [1.29, 1.82) is 0 Å². The molecule has 0 radical (unpaired) electrons. The lowest BCUT2D eigenvalue weighted by Crippen LogP contribution is -2.53. The van der Waals surface area contributed by atoms with Gasteiger partial charge in [0.1, 0.15) is 11.6 Å². The molecule has 0 saturated carbocycles. The number of halogens is 4. The van der Waals surface area contributed by atoms with E-state index in [9.17, 15) is 22.7 Å². The van der Waals surface area contributed by atoms with E-state index in [1.54, 1.807) is 50.4 Å². The number of fused-ring (bicyclic) bond motifs is 2. The van der Waals surface area contributed by atoms with E-state index in [0.717, 1.165) is 0 Å². The van der Waals surface area contributed by atoms with Crippen molar-refractivity contribution >= 4 is 16.6 Å². The first kappa shape index (κ1) is 22.3. The number of alkyl halides is 3. The molecule has 0 spiro atoms. The third-order valence-electron chi connectivity index (χ3n) is 5.96. The third kappa shape index (κ3) is 4.11. The highest BCUT2D eigenvalue weighted by molar-refractivity contribution is 5.91. The lowest BCUT2D eigenvalue weighted by molar-refractivity contribution is -0.260. The lowest BCUT2D eigenvalue weighted by atomic mass is 9.74. The maximum atomic E-state index is 14.2. The fourth-order valence-corrected chi connectivity index (χ4v) is 4.36. The molecule has 1 aliphatic rings. The molecule has 4 rings (SSSR count). The van der Waals surface area contributed by atoms with Crippen molar-refractivity contribution in [1.82, 2.24) is 4.98 Å². The summed E-state index contributed by atoms with van der Waals surface area (Å²) in [7, 11) is 0. The third-order valence-corrected chi connectivity index (χ3v) is 5.96. The Balaban J connectivity index is 1.65. The predicted molar refractivity (Wildman–Crippen MR) is 114 cm³/mol. The summed E-state index contributed by atoms with van der Waals surface area (Å²) in [6, 6.07) is 11.1. The lowest BCUT2D eigenvalue weighted by Gasteiger charge is -2.38. The van der Waals surface area contributed by atoms with Crippen LogP contribution in [-0.4, -0.2) is 35.0 Å². The van der Waals surface area contributed by atoms with Gasteiger partial charge in [0.05, 0.1) is 18.7 Å². The Kier molecular flexibility index (Phi) is 5.53. The Morgan fingerprint density at radius 2 is 1.91 bits per heavy atom. The summed E-state index contributed by atoms with van der Waals surface area (Å²) in [4.78, 5) is 4.20. The Morgan fingerprint density at radius 1 is 1.12 bits per heavy atom. The summed E-state index contributed by atoms with van der Waals surface area (Å²) in [5.74, 6) is -0.122. The molecule has 2 N–H and O–H groups in total. The number of nitrogens with zero attached hydrogens (tertiary/aromatic N) is 1. The molecular formula is C24H24F4N2O2. The van der Waals surface area contributed by atoms with E-state index in [4.69, 9.17) is 4.74 Å². The van der Waals surface area contributed by atoms with Gasteiger partial charge >= 0.3 is 6.18 Å². The zero-order valence-corrected chi connectivity index (χ0v) is 17.8. The normalized spacial score (nSPS) is 15.8. The second-order valence-corrected chi connectivity index (χ2v) is 8.86. The molecular weight excluding hydrogens is 424 g/mol. The van der Waals surface area contributed by atoms with Crippen LogP contribution < -0.4 is 10.1 Å². The van der Waals surface area contributed by atoms with Gasteiger partial charge in [-0.25, -0.2) is 4.39 Å². The molecule has 1 aliphatic heterocycles. The van der Waals surface area contributed by atoms with E-state index in [1.807, 2.05) is 0 Å². The van der Waals surface area contributed by atoms with Crippen LogP contribution in [0.2, 0.25) is 0 Å². The number of hydrogen-bond donors (Lipinski definition) is 2. The van der Waals surface area contributed by atoms with E-state index in [1.165, 1.54) is 12.1 Å². The number of benzene rings is 2. The summed E-state index contributed by atoms with van der Waals surface area (Å²) in [6.45, 7) is 2.69. The molecule has 1 atom stereocenters. The zero-order valence-electron chi connectivity index (χ0n) is 17.8.